The molecule has 0 aromatic heterocycles. The molecule has 3 rings (SSSR count). The zero-order valence-corrected chi connectivity index (χ0v) is 15.2. The Balaban J connectivity index is 1.64. The lowest BCUT2D eigenvalue weighted by atomic mass is 9.77. The molecule has 2 N–H and O–H groups in total. The van der Waals surface area contributed by atoms with Gasteiger partial charge in [0.2, 0.25) is 0 Å². The summed E-state index contributed by atoms with van der Waals surface area (Å²) in [5.74, 6) is 0.665. The van der Waals surface area contributed by atoms with Crippen LogP contribution in [0.2, 0.25) is 0 Å². The molecule has 1 heterocycles. The number of urea groups is 1. The maximum Gasteiger partial charge on any atom is 0.315 e. The Labute approximate surface area is 145 Å². The lowest BCUT2D eigenvalue weighted by Gasteiger charge is -2.35. The highest BCUT2D eigenvalue weighted by Gasteiger charge is 2.32. The van der Waals surface area contributed by atoms with E-state index in [1.807, 2.05) is 24.3 Å². The van der Waals surface area contributed by atoms with Crippen molar-refractivity contribution in [1.29, 1.82) is 0 Å². The van der Waals surface area contributed by atoms with Crippen molar-refractivity contribution in [3.8, 4) is 0 Å². The number of rotatable bonds is 4. The van der Waals surface area contributed by atoms with Crippen LogP contribution >= 0.6 is 15.9 Å². The Bertz CT molecular complexity index is 671. The molecule has 7 heteroatoms. The molecule has 1 aliphatic carbocycles. The first-order valence-electron chi connectivity index (χ1n) is 7.96. The van der Waals surface area contributed by atoms with Gasteiger partial charge in [-0.25, -0.2) is 13.2 Å². The number of hydrogen-bond acceptors (Lipinski definition) is 3. The molecule has 1 aromatic rings. The van der Waals surface area contributed by atoms with Gasteiger partial charge in [0.25, 0.3) is 0 Å². The monoisotopic (exact) mass is 400 g/mol. The lowest BCUT2D eigenvalue weighted by molar-refractivity contribution is 0.206. The Morgan fingerprint density at radius 2 is 1.87 bits per heavy atom. The summed E-state index contributed by atoms with van der Waals surface area (Å²) in [6, 6.07) is 7.43. The molecule has 2 fully saturated rings. The predicted molar refractivity (Wildman–Crippen MR) is 93.0 cm³/mol. The summed E-state index contributed by atoms with van der Waals surface area (Å²) in [7, 11) is -2.98. The van der Waals surface area contributed by atoms with E-state index >= 15 is 0 Å². The second kappa shape index (κ2) is 6.81. The number of nitrogens with one attached hydrogen (secondary N) is 2. The second-order valence-electron chi connectivity index (χ2n) is 6.44. The summed E-state index contributed by atoms with van der Waals surface area (Å²) < 4.78 is 24.0. The van der Waals surface area contributed by atoms with E-state index in [0.717, 1.165) is 22.9 Å². The SMILES string of the molecule is O=C(N[C@@H]1CCS(=O)(=O)C1)N[C@H](c1ccc(Br)cc1)C1CCC1. The lowest BCUT2D eigenvalue weighted by Crippen LogP contribution is -2.46. The Hall–Kier alpha value is -1.08. The van der Waals surface area contributed by atoms with E-state index in [-0.39, 0.29) is 29.6 Å². The van der Waals surface area contributed by atoms with E-state index in [1.54, 1.807) is 0 Å². The first kappa shape index (κ1) is 16.8. The third kappa shape index (κ3) is 4.26. The van der Waals surface area contributed by atoms with Crippen LogP contribution in [0.5, 0.6) is 0 Å². The van der Waals surface area contributed by atoms with Crippen LogP contribution in [-0.4, -0.2) is 32.0 Å². The highest BCUT2D eigenvalue weighted by atomic mass is 79.9. The van der Waals surface area contributed by atoms with Gasteiger partial charge >= 0.3 is 6.03 Å². The number of carbonyl (C=O) groups is 1. The molecule has 126 valence electrons. The van der Waals surface area contributed by atoms with Gasteiger partial charge in [-0.05, 0) is 42.9 Å². The van der Waals surface area contributed by atoms with Crippen LogP contribution < -0.4 is 10.6 Å². The van der Waals surface area contributed by atoms with E-state index in [9.17, 15) is 13.2 Å². The van der Waals surface area contributed by atoms with Gasteiger partial charge in [-0.2, -0.15) is 0 Å². The molecule has 0 radical (unpaired) electrons. The third-order valence-corrected chi connectivity index (χ3v) is 7.00. The smallest absolute Gasteiger partial charge is 0.315 e. The molecule has 2 atom stereocenters. The van der Waals surface area contributed by atoms with Crippen molar-refractivity contribution in [3.63, 3.8) is 0 Å². The highest BCUT2D eigenvalue weighted by molar-refractivity contribution is 9.10. The van der Waals surface area contributed by atoms with Crippen LogP contribution in [0.3, 0.4) is 0 Å². The van der Waals surface area contributed by atoms with Gasteiger partial charge in [-0.3, -0.25) is 0 Å². The number of benzene rings is 1. The average Bonchev–Trinajstić information content (AvgIpc) is 2.76. The van der Waals surface area contributed by atoms with Gasteiger partial charge in [0.05, 0.1) is 17.5 Å². The third-order valence-electron chi connectivity index (χ3n) is 4.70. The predicted octanol–water partition coefficient (Wildman–Crippen LogP) is 2.78. The van der Waals surface area contributed by atoms with E-state index in [1.165, 1.54) is 6.42 Å². The number of halogens is 1. The summed E-state index contributed by atoms with van der Waals surface area (Å²) in [5, 5.41) is 5.86. The zero-order chi connectivity index (χ0) is 16.4. The van der Waals surface area contributed by atoms with Crippen LogP contribution in [0, 0.1) is 5.92 Å². The maximum atomic E-state index is 12.3. The molecule has 1 aliphatic heterocycles. The van der Waals surface area contributed by atoms with Crippen LogP contribution in [0.1, 0.15) is 37.3 Å². The molecular weight excluding hydrogens is 380 g/mol. The van der Waals surface area contributed by atoms with Crippen molar-refractivity contribution < 1.29 is 13.2 Å². The van der Waals surface area contributed by atoms with Gasteiger partial charge < -0.3 is 10.6 Å². The van der Waals surface area contributed by atoms with Crippen LogP contribution in [0.15, 0.2) is 28.7 Å². The van der Waals surface area contributed by atoms with Crippen molar-refractivity contribution in [2.75, 3.05) is 11.5 Å². The van der Waals surface area contributed by atoms with Gasteiger partial charge in [0.1, 0.15) is 0 Å². The fourth-order valence-electron chi connectivity index (χ4n) is 3.19. The van der Waals surface area contributed by atoms with Crippen molar-refractivity contribution >= 4 is 31.8 Å². The number of sulfone groups is 1. The summed E-state index contributed by atoms with van der Waals surface area (Å²) in [6.45, 7) is 0. The van der Waals surface area contributed by atoms with Gasteiger partial charge in [0.15, 0.2) is 9.84 Å². The second-order valence-corrected chi connectivity index (χ2v) is 9.58. The number of amides is 2. The van der Waals surface area contributed by atoms with Gasteiger partial charge in [-0.15, -0.1) is 0 Å². The largest absolute Gasteiger partial charge is 0.334 e. The van der Waals surface area contributed by atoms with Crippen LogP contribution in [-0.2, 0) is 9.84 Å². The van der Waals surface area contributed by atoms with E-state index < -0.39 is 9.84 Å². The molecular formula is C16H21BrN2O3S. The fourth-order valence-corrected chi connectivity index (χ4v) is 5.13. The van der Waals surface area contributed by atoms with Crippen LogP contribution in [0.25, 0.3) is 0 Å². The minimum atomic E-state index is -2.98. The molecule has 2 amide bonds. The normalized spacial score (nSPS) is 24.7. The minimum Gasteiger partial charge on any atom is -0.334 e. The van der Waals surface area contributed by atoms with Crippen molar-refractivity contribution in [2.24, 2.45) is 5.92 Å². The molecule has 5 nitrogen and oxygen atoms in total. The van der Waals surface area contributed by atoms with Crippen molar-refractivity contribution in [3.05, 3.63) is 34.3 Å². The molecule has 0 bridgehead atoms. The molecule has 0 unspecified atom stereocenters. The molecule has 1 saturated heterocycles. The summed E-state index contributed by atoms with van der Waals surface area (Å²) >= 11 is 3.43. The fraction of sp³-hybridized carbons (Fsp3) is 0.562. The summed E-state index contributed by atoms with van der Waals surface area (Å²) in [6.07, 6.45) is 3.92. The quantitative estimate of drug-likeness (QED) is 0.815. The Morgan fingerprint density at radius 1 is 1.17 bits per heavy atom. The summed E-state index contributed by atoms with van der Waals surface area (Å²) in [4.78, 5) is 12.3. The average molecular weight is 401 g/mol. The first-order valence-corrected chi connectivity index (χ1v) is 10.6. The van der Waals surface area contributed by atoms with Gasteiger partial charge in [0, 0.05) is 10.5 Å². The Morgan fingerprint density at radius 3 is 2.39 bits per heavy atom. The first-order chi connectivity index (χ1) is 10.9. The summed E-state index contributed by atoms with van der Waals surface area (Å²) in [5.41, 5.74) is 1.09. The van der Waals surface area contributed by atoms with E-state index in [4.69, 9.17) is 0 Å². The number of hydrogen-bond donors (Lipinski definition) is 2. The number of carbonyl (C=O) groups excluding carboxylic acids is 1. The highest BCUT2D eigenvalue weighted by Crippen LogP contribution is 2.38. The van der Waals surface area contributed by atoms with Crippen molar-refractivity contribution in [2.45, 2.75) is 37.8 Å². The standard InChI is InChI=1S/C16H21BrN2O3S/c17-13-6-4-12(5-7-13)15(11-2-1-3-11)19-16(20)18-14-8-9-23(21,22)10-14/h4-7,11,14-15H,1-3,8-10H2,(H2,18,19,20)/t14-,15+/m1/s1. The molecule has 1 aromatic carbocycles. The Kier molecular flexibility index (Phi) is 4.96. The molecule has 23 heavy (non-hydrogen) atoms. The minimum absolute atomic E-state index is 0.0186. The topological polar surface area (TPSA) is 75.3 Å². The van der Waals surface area contributed by atoms with E-state index in [2.05, 4.69) is 26.6 Å². The zero-order valence-electron chi connectivity index (χ0n) is 12.8. The molecule has 2 aliphatic rings. The van der Waals surface area contributed by atoms with Gasteiger partial charge in [-0.1, -0.05) is 34.5 Å². The molecule has 1 saturated carbocycles. The maximum absolute atomic E-state index is 12.3. The van der Waals surface area contributed by atoms with Crippen molar-refractivity contribution in [1.82, 2.24) is 10.6 Å². The van der Waals surface area contributed by atoms with Crippen LogP contribution in [0.4, 0.5) is 4.79 Å². The van der Waals surface area contributed by atoms with E-state index in [0.29, 0.717) is 12.3 Å². The molecule has 0 spiro atoms.